The number of rotatable bonds is 6. The average Bonchev–Trinajstić information content (AvgIpc) is 3.41. The number of nitriles is 1. The summed E-state index contributed by atoms with van der Waals surface area (Å²) in [5.41, 5.74) is -0.837. The quantitative estimate of drug-likeness (QED) is 0.225. The number of piperazine rings is 1. The highest BCUT2D eigenvalue weighted by molar-refractivity contribution is 7.07. The summed E-state index contributed by atoms with van der Waals surface area (Å²) in [5.74, 6) is -1.35. The second kappa shape index (κ2) is 13.8. The third kappa shape index (κ3) is 6.58. The second-order valence-corrected chi connectivity index (χ2v) is 12.2. The summed E-state index contributed by atoms with van der Waals surface area (Å²) in [5, 5.41) is 10.3. The van der Waals surface area contributed by atoms with Crippen LogP contribution in [0.5, 0.6) is 0 Å². The maximum Gasteiger partial charge on any atom is 0.418 e. The van der Waals surface area contributed by atoms with Crippen LogP contribution in [0.1, 0.15) is 28.3 Å². The van der Waals surface area contributed by atoms with Gasteiger partial charge in [0.25, 0.3) is 11.5 Å². The normalized spacial score (nSPS) is 15.0. The molecule has 0 spiro atoms. The number of benzene rings is 4. The van der Waals surface area contributed by atoms with Crippen LogP contribution < -0.4 is 14.8 Å². The van der Waals surface area contributed by atoms with Crippen molar-refractivity contribution in [1.29, 1.82) is 5.26 Å². The van der Waals surface area contributed by atoms with Gasteiger partial charge in [0.05, 0.1) is 21.8 Å². The van der Waals surface area contributed by atoms with Crippen LogP contribution in [-0.4, -0.2) is 46.5 Å². The van der Waals surface area contributed by atoms with Gasteiger partial charge >= 0.3 is 6.18 Å². The lowest BCUT2D eigenvalue weighted by Gasteiger charge is -2.39. The Morgan fingerprint density at radius 3 is 1.96 bits per heavy atom. The lowest BCUT2D eigenvalue weighted by molar-refractivity contribution is -0.137. The Kier molecular flexibility index (Phi) is 9.39. The maximum absolute atomic E-state index is 14.6. The Hall–Kier alpha value is -5.31. The molecular formula is C37H28F4N4O2S. The van der Waals surface area contributed by atoms with Gasteiger partial charge in [-0.2, -0.15) is 18.4 Å². The summed E-state index contributed by atoms with van der Waals surface area (Å²) in [6, 6.07) is 31.8. The predicted octanol–water partition coefficient (Wildman–Crippen LogP) is 5.49. The molecule has 0 saturated carbocycles. The fraction of sp³-hybridized carbons (Fsp3) is 0.162. The molecule has 242 valence electrons. The highest BCUT2D eigenvalue weighted by Crippen LogP contribution is 2.33. The maximum atomic E-state index is 14.6. The highest BCUT2D eigenvalue weighted by Gasteiger charge is 2.35. The molecule has 1 aliphatic rings. The van der Waals surface area contributed by atoms with Crippen molar-refractivity contribution >= 4 is 28.9 Å². The third-order valence-electron chi connectivity index (χ3n) is 8.20. The van der Waals surface area contributed by atoms with Crippen molar-refractivity contribution in [3.05, 3.63) is 157 Å². The van der Waals surface area contributed by atoms with E-state index < -0.39 is 40.3 Å². The summed E-state index contributed by atoms with van der Waals surface area (Å²) >= 11 is 0.672. The molecule has 48 heavy (non-hydrogen) atoms. The number of amides is 1. The van der Waals surface area contributed by atoms with E-state index in [0.717, 1.165) is 27.8 Å². The molecule has 0 radical (unpaired) electrons. The van der Waals surface area contributed by atoms with Crippen molar-refractivity contribution < 1.29 is 22.4 Å². The molecule has 2 heterocycles. The first kappa shape index (κ1) is 32.6. The van der Waals surface area contributed by atoms with Crippen molar-refractivity contribution in [1.82, 2.24) is 14.4 Å². The minimum Gasteiger partial charge on any atom is -0.335 e. The zero-order valence-corrected chi connectivity index (χ0v) is 26.2. The molecule has 5 aromatic rings. The molecule has 0 unspecified atom stereocenters. The van der Waals surface area contributed by atoms with Crippen LogP contribution in [0.15, 0.2) is 114 Å². The molecule has 11 heteroatoms. The van der Waals surface area contributed by atoms with Crippen LogP contribution in [-0.2, 0) is 11.0 Å². The summed E-state index contributed by atoms with van der Waals surface area (Å²) < 4.78 is 57.4. The predicted molar refractivity (Wildman–Crippen MR) is 176 cm³/mol. The van der Waals surface area contributed by atoms with E-state index in [1.54, 1.807) is 6.07 Å². The number of thiazole rings is 1. The van der Waals surface area contributed by atoms with Gasteiger partial charge in [-0.25, -0.2) is 4.39 Å². The van der Waals surface area contributed by atoms with E-state index in [9.17, 15) is 32.4 Å². The van der Waals surface area contributed by atoms with Gasteiger partial charge in [-0.1, -0.05) is 91.0 Å². The zero-order valence-electron chi connectivity index (χ0n) is 25.4. The highest BCUT2D eigenvalue weighted by atomic mass is 32.1. The van der Waals surface area contributed by atoms with Crippen LogP contribution in [0.4, 0.5) is 17.6 Å². The number of para-hydroxylation sites is 1. The van der Waals surface area contributed by atoms with Crippen LogP contribution in [0.25, 0.3) is 17.3 Å². The van der Waals surface area contributed by atoms with E-state index in [0.29, 0.717) is 24.4 Å². The van der Waals surface area contributed by atoms with Gasteiger partial charge in [0.1, 0.15) is 16.5 Å². The molecule has 0 aliphatic carbocycles. The Bertz CT molecular complexity index is 2130. The first-order valence-electron chi connectivity index (χ1n) is 15.1. The van der Waals surface area contributed by atoms with Gasteiger partial charge in [-0.05, 0) is 35.4 Å². The Morgan fingerprint density at radius 2 is 1.38 bits per heavy atom. The SMILES string of the molecule is N#C/C(C(=O)N1CCN(C(c2ccccc2)c2ccccc2)CC1)=c1\s/c(=C\c2ccccc2F)c(=O)n1-c1ccccc1C(F)(F)F. The summed E-state index contributed by atoms with van der Waals surface area (Å²) in [6.07, 6.45) is -3.63. The van der Waals surface area contributed by atoms with Gasteiger partial charge in [0, 0.05) is 31.7 Å². The molecule has 6 rings (SSSR count). The van der Waals surface area contributed by atoms with Crippen LogP contribution >= 0.6 is 11.3 Å². The molecule has 0 N–H and O–H groups in total. The third-order valence-corrected chi connectivity index (χ3v) is 9.29. The Labute approximate surface area is 277 Å². The molecule has 0 atom stereocenters. The van der Waals surface area contributed by atoms with Crippen molar-refractivity contribution in [3.63, 3.8) is 0 Å². The Morgan fingerprint density at radius 1 is 0.812 bits per heavy atom. The molecule has 4 aromatic carbocycles. The van der Waals surface area contributed by atoms with Gasteiger partial charge in [0.2, 0.25) is 0 Å². The number of nitrogens with zero attached hydrogens (tertiary/aromatic N) is 4. The van der Waals surface area contributed by atoms with E-state index >= 15 is 0 Å². The minimum atomic E-state index is -4.84. The van der Waals surface area contributed by atoms with Crippen LogP contribution in [0.2, 0.25) is 0 Å². The summed E-state index contributed by atoms with van der Waals surface area (Å²) in [4.78, 5) is 31.5. The zero-order chi connectivity index (χ0) is 33.8. The molecular weight excluding hydrogens is 640 g/mol. The smallest absolute Gasteiger partial charge is 0.335 e. The molecule has 0 bridgehead atoms. The van der Waals surface area contributed by atoms with E-state index in [1.165, 1.54) is 41.3 Å². The monoisotopic (exact) mass is 668 g/mol. The fourth-order valence-corrected chi connectivity index (χ4v) is 7.00. The van der Waals surface area contributed by atoms with Crippen LogP contribution in [0, 0.1) is 17.1 Å². The summed E-state index contributed by atoms with van der Waals surface area (Å²) in [6.45, 7) is 1.39. The van der Waals surface area contributed by atoms with E-state index in [2.05, 4.69) is 4.90 Å². The van der Waals surface area contributed by atoms with Crippen molar-refractivity contribution in [2.24, 2.45) is 0 Å². The number of alkyl halides is 3. The number of carbonyl (C=O) groups is 1. The van der Waals surface area contributed by atoms with Crippen molar-refractivity contribution in [3.8, 4) is 11.8 Å². The fourth-order valence-electron chi connectivity index (χ4n) is 5.92. The first-order valence-corrected chi connectivity index (χ1v) is 15.9. The van der Waals surface area contributed by atoms with E-state index in [4.69, 9.17) is 0 Å². The summed E-state index contributed by atoms with van der Waals surface area (Å²) in [7, 11) is 0. The van der Waals surface area contributed by atoms with E-state index in [1.807, 2.05) is 66.7 Å². The minimum absolute atomic E-state index is 0.0333. The van der Waals surface area contributed by atoms with Crippen molar-refractivity contribution in [2.45, 2.75) is 12.2 Å². The first-order chi connectivity index (χ1) is 23.2. The van der Waals surface area contributed by atoms with Gasteiger partial charge in [-0.3, -0.25) is 19.1 Å². The molecule has 1 aromatic heterocycles. The van der Waals surface area contributed by atoms with Gasteiger partial charge in [0.15, 0.2) is 5.57 Å². The molecule has 1 amide bonds. The molecule has 1 aliphatic heterocycles. The number of halogens is 4. The number of hydrogen-bond donors (Lipinski definition) is 0. The number of aromatic nitrogens is 1. The van der Waals surface area contributed by atoms with Gasteiger partial charge in [-0.15, -0.1) is 11.3 Å². The number of carbonyl (C=O) groups excluding carboxylic acids is 1. The Balaban J connectivity index is 1.42. The second-order valence-electron chi connectivity index (χ2n) is 11.1. The largest absolute Gasteiger partial charge is 0.418 e. The van der Waals surface area contributed by atoms with Crippen LogP contribution in [0.3, 0.4) is 0 Å². The lowest BCUT2D eigenvalue weighted by atomic mass is 9.96. The lowest BCUT2D eigenvalue weighted by Crippen LogP contribution is -2.50. The topological polar surface area (TPSA) is 69.3 Å². The molecule has 1 fully saturated rings. The average molecular weight is 669 g/mol. The molecule has 1 saturated heterocycles. The standard InChI is InChI=1S/C37H28F4N4O2S/c38-30-17-9-7-15-27(30)23-32-35(47)45(31-18-10-8-16-29(31)37(39,40)41)36(48-32)28(24-42)34(46)44-21-19-43(20-22-44)33(25-11-3-1-4-12-25)26-13-5-2-6-14-26/h1-18,23,33H,19-22H2/b32-23-,36-28+. The van der Waals surface area contributed by atoms with Crippen molar-refractivity contribution in [2.75, 3.05) is 26.2 Å². The van der Waals surface area contributed by atoms with E-state index in [-0.39, 0.29) is 33.9 Å². The molecule has 6 nitrogen and oxygen atoms in total. The number of hydrogen-bond acceptors (Lipinski definition) is 5. The van der Waals surface area contributed by atoms with Gasteiger partial charge < -0.3 is 4.90 Å².